The Morgan fingerprint density at radius 2 is 2.22 bits per heavy atom. The zero-order chi connectivity index (χ0) is 16.5. The molecule has 2 N–H and O–H groups in total. The number of aromatic nitrogens is 2. The van der Waals surface area contributed by atoms with E-state index in [0.29, 0.717) is 13.0 Å². The minimum absolute atomic E-state index is 0.203. The molecule has 0 unspecified atom stereocenters. The maximum Gasteiger partial charge on any atom is 0.191 e. The molecule has 0 aliphatic carbocycles. The maximum atomic E-state index is 13.1. The van der Waals surface area contributed by atoms with Crippen molar-refractivity contribution in [2.45, 2.75) is 26.8 Å². The number of halogens is 1. The molecule has 0 aliphatic rings. The molecule has 2 aromatic rings. The zero-order valence-corrected chi connectivity index (χ0v) is 13.7. The topological polar surface area (TPSA) is 54.2 Å². The molecule has 0 aliphatic heterocycles. The molecule has 5 nitrogen and oxygen atoms in total. The first kappa shape index (κ1) is 17.0. The van der Waals surface area contributed by atoms with Gasteiger partial charge in [0.15, 0.2) is 5.96 Å². The Hall–Kier alpha value is -2.37. The van der Waals surface area contributed by atoms with Gasteiger partial charge in [-0.3, -0.25) is 9.67 Å². The van der Waals surface area contributed by atoms with E-state index in [1.165, 1.54) is 6.07 Å². The summed E-state index contributed by atoms with van der Waals surface area (Å²) in [5.41, 5.74) is 2.11. The minimum atomic E-state index is -0.203. The molecule has 6 heteroatoms. The lowest BCUT2D eigenvalue weighted by molar-refractivity contribution is 0.597. The highest BCUT2D eigenvalue weighted by atomic mass is 19.1. The summed E-state index contributed by atoms with van der Waals surface area (Å²) in [6.07, 6.45) is 4.57. The zero-order valence-electron chi connectivity index (χ0n) is 13.7. The van der Waals surface area contributed by atoms with Crippen molar-refractivity contribution in [3.05, 3.63) is 53.6 Å². The number of guanidine groups is 1. The highest BCUT2D eigenvalue weighted by molar-refractivity contribution is 5.79. The summed E-state index contributed by atoms with van der Waals surface area (Å²) >= 11 is 0. The van der Waals surface area contributed by atoms with Crippen LogP contribution in [0.5, 0.6) is 0 Å². The molecule has 0 saturated heterocycles. The number of benzene rings is 1. The molecule has 1 aromatic heterocycles. The number of aliphatic imine (C=N–C) groups is 1. The van der Waals surface area contributed by atoms with Crippen LogP contribution in [-0.2, 0) is 13.0 Å². The minimum Gasteiger partial charge on any atom is -0.357 e. The van der Waals surface area contributed by atoms with Gasteiger partial charge in [-0.25, -0.2) is 4.39 Å². The molecule has 0 saturated carbocycles. The van der Waals surface area contributed by atoms with E-state index < -0.39 is 0 Å². The first-order valence-electron chi connectivity index (χ1n) is 7.93. The van der Waals surface area contributed by atoms with Crippen LogP contribution in [0.25, 0.3) is 0 Å². The highest BCUT2D eigenvalue weighted by Crippen LogP contribution is 2.04. The van der Waals surface area contributed by atoms with Gasteiger partial charge in [-0.15, -0.1) is 0 Å². The summed E-state index contributed by atoms with van der Waals surface area (Å²) in [5, 5.41) is 10.7. The van der Waals surface area contributed by atoms with Gasteiger partial charge in [-0.1, -0.05) is 12.1 Å². The average Bonchev–Trinajstić information content (AvgIpc) is 2.93. The average molecular weight is 317 g/mol. The van der Waals surface area contributed by atoms with Crippen LogP contribution >= 0.6 is 0 Å². The molecule has 1 heterocycles. The number of hydrogen-bond acceptors (Lipinski definition) is 2. The van der Waals surface area contributed by atoms with Crippen molar-refractivity contribution in [3.8, 4) is 0 Å². The lowest BCUT2D eigenvalue weighted by Crippen LogP contribution is -2.39. The predicted octanol–water partition coefficient (Wildman–Crippen LogP) is 2.13. The number of rotatable bonds is 7. The third-order valence-corrected chi connectivity index (χ3v) is 3.30. The Kier molecular flexibility index (Phi) is 6.59. The van der Waals surface area contributed by atoms with Gasteiger partial charge >= 0.3 is 0 Å². The first-order valence-corrected chi connectivity index (χ1v) is 7.93. The van der Waals surface area contributed by atoms with Crippen molar-refractivity contribution < 1.29 is 4.39 Å². The van der Waals surface area contributed by atoms with Crippen LogP contribution in [0.1, 0.15) is 18.1 Å². The Labute approximate surface area is 136 Å². The smallest absolute Gasteiger partial charge is 0.191 e. The molecule has 2 rings (SSSR count). The van der Waals surface area contributed by atoms with Crippen LogP contribution < -0.4 is 10.6 Å². The van der Waals surface area contributed by atoms with E-state index in [-0.39, 0.29) is 5.82 Å². The van der Waals surface area contributed by atoms with Crippen molar-refractivity contribution in [2.75, 3.05) is 19.6 Å². The Bertz CT molecular complexity index is 635. The third kappa shape index (κ3) is 6.10. The van der Waals surface area contributed by atoms with Gasteiger partial charge in [0.1, 0.15) is 5.82 Å². The van der Waals surface area contributed by atoms with Gasteiger partial charge in [0, 0.05) is 25.8 Å². The normalized spacial score (nSPS) is 11.5. The van der Waals surface area contributed by atoms with Gasteiger partial charge in [-0.05, 0) is 43.5 Å². The summed E-state index contributed by atoms with van der Waals surface area (Å²) < 4.78 is 15.0. The van der Waals surface area contributed by atoms with Gasteiger partial charge in [0.2, 0.25) is 0 Å². The molecule has 0 fully saturated rings. The standard InChI is InChI=1S/C17H24FN5/c1-3-19-17(21-9-10-23-13-14(2)12-22-23)20-8-7-15-5-4-6-16(18)11-15/h4-6,11-13H,3,7-10H2,1-2H3,(H2,19,20,21). The molecule has 0 atom stereocenters. The monoisotopic (exact) mass is 317 g/mol. The summed E-state index contributed by atoms with van der Waals surface area (Å²) in [5.74, 6) is 0.568. The lowest BCUT2D eigenvalue weighted by atomic mass is 10.1. The number of nitrogens with one attached hydrogen (secondary N) is 2. The maximum absolute atomic E-state index is 13.1. The van der Waals surface area contributed by atoms with Crippen LogP contribution in [-0.4, -0.2) is 35.4 Å². The summed E-state index contributed by atoms with van der Waals surface area (Å²) in [4.78, 5) is 4.52. The first-order chi connectivity index (χ1) is 11.2. The van der Waals surface area contributed by atoms with Gasteiger partial charge in [0.25, 0.3) is 0 Å². The second-order valence-corrected chi connectivity index (χ2v) is 5.35. The molecule has 0 radical (unpaired) electrons. The molecule has 0 amide bonds. The fourth-order valence-corrected chi connectivity index (χ4v) is 2.21. The van der Waals surface area contributed by atoms with E-state index in [4.69, 9.17) is 0 Å². The van der Waals surface area contributed by atoms with Gasteiger partial charge in [0.05, 0.1) is 12.7 Å². The van der Waals surface area contributed by atoms with Gasteiger partial charge in [-0.2, -0.15) is 5.10 Å². The molecule has 1 aromatic carbocycles. The molecule has 124 valence electrons. The quantitative estimate of drug-likeness (QED) is 0.607. The molecule has 0 bridgehead atoms. The Morgan fingerprint density at radius 3 is 2.91 bits per heavy atom. The summed E-state index contributed by atoms with van der Waals surface area (Å²) in [6.45, 7) is 6.98. The number of nitrogens with zero attached hydrogens (tertiary/aromatic N) is 3. The number of hydrogen-bond donors (Lipinski definition) is 2. The summed E-state index contributed by atoms with van der Waals surface area (Å²) in [7, 11) is 0. The van der Waals surface area contributed by atoms with Crippen LogP contribution in [0, 0.1) is 12.7 Å². The van der Waals surface area contributed by atoms with E-state index in [0.717, 1.165) is 36.7 Å². The van der Waals surface area contributed by atoms with Crippen molar-refractivity contribution in [3.63, 3.8) is 0 Å². The Morgan fingerprint density at radius 1 is 1.35 bits per heavy atom. The number of aryl methyl sites for hydroxylation is 1. The highest BCUT2D eigenvalue weighted by Gasteiger charge is 1.99. The van der Waals surface area contributed by atoms with Crippen molar-refractivity contribution in [1.29, 1.82) is 0 Å². The van der Waals surface area contributed by atoms with E-state index >= 15 is 0 Å². The summed E-state index contributed by atoms with van der Waals surface area (Å²) in [6, 6.07) is 6.65. The van der Waals surface area contributed by atoms with Crippen molar-refractivity contribution in [1.82, 2.24) is 20.4 Å². The predicted molar refractivity (Wildman–Crippen MR) is 91.0 cm³/mol. The molecular formula is C17H24FN5. The van der Waals surface area contributed by atoms with E-state index in [1.54, 1.807) is 12.1 Å². The van der Waals surface area contributed by atoms with E-state index in [1.807, 2.05) is 37.0 Å². The van der Waals surface area contributed by atoms with Crippen LogP contribution in [0.4, 0.5) is 4.39 Å². The van der Waals surface area contributed by atoms with E-state index in [2.05, 4.69) is 20.7 Å². The molecule has 23 heavy (non-hydrogen) atoms. The van der Waals surface area contributed by atoms with Crippen molar-refractivity contribution in [2.24, 2.45) is 4.99 Å². The van der Waals surface area contributed by atoms with Crippen LogP contribution in [0.3, 0.4) is 0 Å². The molecule has 0 spiro atoms. The van der Waals surface area contributed by atoms with Crippen LogP contribution in [0.15, 0.2) is 41.7 Å². The fourth-order valence-electron chi connectivity index (χ4n) is 2.21. The van der Waals surface area contributed by atoms with Gasteiger partial charge < -0.3 is 10.6 Å². The SMILES string of the molecule is CCNC(=NCCc1cccc(F)c1)NCCn1cc(C)cn1. The molecular weight excluding hydrogens is 293 g/mol. The largest absolute Gasteiger partial charge is 0.357 e. The second kappa shape index (κ2) is 8.92. The Balaban J connectivity index is 1.79. The lowest BCUT2D eigenvalue weighted by Gasteiger charge is -2.11. The third-order valence-electron chi connectivity index (χ3n) is 3.30. The van der Waals surface area contributed by atoms with Crippen molar-refractivity contribution >= 4 is 5.96 Å². The van der Waals surface area contributed by atoms with Crippen LogP contribution in [0.2, 0.25) is 0 Å². The van der Waals surface area contributed by atoms with E-state index in [9.17, 15) is 4.39 Å². The second-order valence-electron chi connectivity index (χ2n) is 5.35. The fraction of sp³-hybridized carbons (Fsp3) is 0.412.